The molecule has 128 valence electrons. The fourth-order valence-corrected chi connectivity index (χ4v) is 3.15. The van der Waals surface area contributed by atoms with Gasteiger partial charge in [-0.25, -0.2) is 4.39 Å². The molecule has 1 saturated carbocycles. The van der Waals surface area contributed by atoms with Crippen LogP contribution in [-0.2, 0) is 10.3 Å². The summed E-state index contributed by atoms with van der Waals surface area (Å²) in [5, 5.41) is 3.97. The van der Waals surface area contributed by atoms with Crippen LogP contribution in [0.2, 0.25) is 0 Å². The monoisotopic (exact) mass is 352 g/mol. The number of aromatic nitrogens is 2. The second-order valence-corrected chi connectivity index (χ2v) is 6.27. The Morgan fingerprint density at radius 3 is 2.62 bits per heavy atom. The van der Waals surface area contributed by atoms with Crippen molar-refractivity contribution in [1.29, 1.82) is 0 Å². The van der Waals surface area contributed by atoms with E-state index < -0.39 is 11.5 Å². The molecular formula is C16H18ClFN4O2. The molecule has 0 spiro atoms. The summed E-state index contributed by atoms with van der Waals surface area (Å²) in [7, 11) is 0. The van der Waals surface area contributed by atoms with Gasteiger partial charge in [0.25, 0.3) is 0 Å². The molecule has 6 nitrogen and oxygen atoms in total. The number of carbonyl (C=O) groups excluding carboxylic acids is 1. The first kappa shape index (κ1) is 16.9. The van der Waals surface area contributed by atoms with E-state index in [0.29, 0.717) is 30.4 Å². The van der Waals surface area contributed by atoms with Gasteiger partial charge < -0.3 is 15.2 Å². The average molecular weight is 353 g/mol. The maximum Gasteiger partial charge on any atom is 0.239 e. The Labute approximate surface area is 144 Å². The van der Waals surface area contributed by atoms with Gasteiger partial charge in [0.15, 0.2) is 5.82 Å². The summed E-state index contributed by atoms with van der Waals surface area (Å²) in [4.78, 5) is 18.6. The van der Waals surface area contributed by atoms with Crippen molar-refractivity contribution < 1.29 is 13.7 Å². The van der Waals surface area contributed by atoms with Crippen LogP contribution in [-0.4, -0.2) is 22.6 Å². The Hall–Kier alpha value is -1.99. The van der Waals surface area contributed by atoms with Gasteiger partial charge in [0.05, 0.1) is 5.54 Å². The molecule has 1 atom stereocenters. The van der Waals surface area contributed by atoms with Crippen LogP contribution in [0.3, 0.4) is 0 Å². The molecule has 1 aliphatic heterocycles. The van der Waals surface area contributed by atoms with E-state index in [4.69, 9.17) is 10.3 Å². The molecule has 1 aromatic carbocycles. The summed E-state index contributed by atoms with van der Waals surface area (Å²) >= 11 is 0. The molecule has 2 heterocycles. The van der Waals surface area contributed by atoms with Crippen molar-refractivity contribution >= 4 is 24.0 Å². The van der Waals surface area contributed by atoms with E-state index in [1.807, 2.05) is 0 Å². The van der Waals surface area contributed by atoms with E-state index in [1.165, 1.54) is 12.1 Å². The fraction of sp³-hybridized carbons (Fsp3) is 0.438. The standard InChI is InChI=1S/C16H17FN4O2.ClH/c17-10-2-4-11(5-3-10)21-9-6-12(14(21)22)13-19-15(20-23-13)16(18)7-1-8-16;/h2-5,12H,1,6-9,18H2;1H. The number of halogens is 2. The van der Waals surface area contributed by atoms with Crippen LogP contribution in [0.25, 0.3) is 0 Å². The minimum Gasteiger partial charge on any atom is -0.338 e. The first-order chi connectivity index (χ1) is 11.1. The fourth-order valence-electron chi connectivity index (χ4n) is 3.15. The number of nitrogens with zero attached hydrogens (tertiary/aromatic N) is 3. The van der Waals surface area contributed by atoms with Crippen molar-refractivity contribution in [2.75, 3.05) is 11.4 Å². The second-order valence-electron chi connectivity index (χ2n) is 6.27. The molecule has 1 saturated heterocycles. The van der Waals surface area contributed by atoms with Crippen LogP contribution in [0, 0.1) is 5.82 Å². The quantitative estimate of drug-likeness (QED) is 0.917. The third kappa shape index (κ3) is 2.67. The number of hydrogen-bond acceptors (Lipinski definition) is 5. The highest BCUT2D eigenvalue weighted by Crippen LogP contribution is 2.38. The molecular weight excluding hydrogens is 335 g/mol. The van der Waals surface area contributed by atoms with Gasteiger partial charge in [0, 0.05) is 12.2 Å². The zero-order chi connectivity index (χ0) is 16.0. The molecule has 1 unspecified atom stereocenters. The van der Waals surface area contributed by atoms with Gasteiger partial charge >= 0.3 is 0 Å². The topological polar surface area (TPSA) is 85.2 Å². The number of benzene rings is 1. The molecule has 2 N–H and O–H groups in total. The maximum absolute atomic E-state index is 13.0. The molecule has 0 radical (unpaired) electrons. The lowest BCUT2D eigenvalue weighted by Gasteiger charge is -2.34. The van der Waals surface area contributed by atoms with Crippen molar-refractivity contribution in [2.45, 2.75) is 37.1 Å². The minimum atomic E-state index is -0.500. The van der Waals surface area contributed by atoms with Crippen LogP contribution in [0.15, 0.2) is 28.8 Å². The number of rotatable bonds is 3. The molecule has 1 aliphatic carbocycles. The molecule has 8 heteroatoms. The third-order valence-corrected chi connectivity index (χ3v) is 4.77. The average Bonchev–Trinajstić information content (AvgIpc) is 3.13. The van der Waals surface area contributed by atoms with Gasteiger partial charge in [0.2, 0.25) is 11.8 Å². The largest absolute Gasteiger partial charge is 0.338 e. The van der Waals surface area contributed by atoms with Crippen LogP contribution in [0.1, 0.15) is 43.3 Å². The predicted molar refractivity (Wildman–Crippen MR) is 87.4 cm³/mol. The van der Waals surface area contributed by atoms with Crippen molar-refractivity contribution in [3.05, 3.63) is 41.8 Å². The third-order valence-electron chi connectivity index (χ3n) is 4.77. The van der Waals surface area contributed by atoms with Crippen LogP contribution in [0.5, 0.6) is 0 Å². The Morgan fingerprint density at radius 1 is 1.29 bits per heavy atom. The zero-order valence-electron chi connectivity index (χ0n) is 12.9. The molecule has 1 amide bonds. The summed E-state index contributed by atoms with van der Waals surface area (Å²) in [5.41, 5.74) is 6.36. The lowest BCUT2D eigenvalue weighted by Crippen LogP contribution is -2.44. The van der Waals surface area contributed by atoms with Crippen molar-refractivity contribution in [2.24, 2.45) is 5.73 Å². The van der Waals surface area contributed by atoms with E-state index in [9.17, 15) is 9.18 Å². The summed E-state index contributed by atoms with van der Waals surface area (Å²) in [6.07, 6.45) is 3.33. The van der Waals surface area contributed by atoms with E-state index in [0.717, 1.165) is 19.3 Å². The van der Waals surface area contributed by atoms with Gasteiger partial charge in [0.1, 0.15) is 11.7 Å². The second kappa shape index (κ2) is 6.14. The molecule has 2 fully saturated rings. The van der Waals surface area contributed by atoms with E-state index in [1.54, 1.807) is 17.0 Å². The molecule has 0 bridgehead atoms. The van der Waals surface area contributed by atoms with Crippen molar-refractivity contribution in [1.82, 2.24) is 10.1 Å². The van der Waals surface area contributed by atoms with Crippen LogP contribution in [0.4, 0.5) is 10.1 Å². The number of nitrogens with two attached hydrogens (primary N) is 1. The summed E-state index contributed by atoms with van der Waals surface area (Å²) < 4.78 is 18.3. The van der Waals surface area contributed by atoms with E-state index in [-0.39, 0.29) is 24.1 Å². The number of carbonyl (C=O) groups is 1. The Morgan fingerprint density at radius 2 is 2.00 bits per heavy atom. The Balaban J connectivity index is 0.00000169. The molecule has 2 aliphatic rings. The Kier molecular flexibility index (Phi) is 4.31. The SMILES string of the molecule is Cl.NC1(c2noc(C3CCN(c4ccc(F)cc4)C3=O)n2)CCC1. The van der Waals surface area contributed by atoms with E-state index >= 15 is 0 Å². The highest BCUT2D eigenvalue weighted by molar-refractivity contribution is 5.99. The minimum absolute atomic E-state index is 0. The smallest absolute Gasteiger partial charge is 0.239 e. The van der Waals surface area contributed by atoms with Gasteiger partial charge in [-0.1, -0.05) is 5.16 Å². The molecule has 24 heavy (non-hydrogen) atoms. The number of hydrogen-bond donors (Lipinski definition) is 1. The van der Waals surface area contributed by atoms with Crippen LogP contribution >= 0.6 is 12.4 Å². The van der Waals surface area contributed by atoms with Crippen molar-refractivity contribution in [3.63, 3.8) is 0 Å². The maximum atomic E-state index is 13.0. The van der Waals surface area contributed by atoms with Crippen LogP contribution < -0.4 is 10.6 Å². The number of anilines is 1. The van der Waals surface area contributed by atoms with Gasteiger partial charge in [-0.3, -0.25) is 4.79 Å². The lowest BCUT2D eigenvalue weighted by molar-refractivity contribution is -0.118. The molecule has 4 rings (SSSR count). The first-order valence-corrected chi connectivity index (χ1v) is 7.77. The highest BCUT2D eigenvalue weighted by atomic mass is 35.5. The summed E-state index contributed by atoms with van der Waals surface area (Å²) in [6, 6.07) is 5.88. The normalized spacial score (nSPS) is 22.2. The summed E-state index contributed by atoms with van der Waals surface area (Å²) in [6.45, 7) is 0.542. The van der Waals surface area contributed by atoms with Gasteiger partial charge in [-0.15, -0.1) is 12.4 Å². The predicted octanol–water partition coefficient (Wildman–Crippen LogP) is 2.49. The zero-order valence-corrected chi connectivity index (χ0v) is 13.8. The summed E-state index contributed by atoms with van der Waals surface area (Å²) in [5.74, 6) is -0.0678. The van der Waals surface area contributed by atoms with Gasteiger partial charge in [-0.05, 0) is 49.9 Å². The molecule has 2 aromatic rings. The van der Waals surface area contributed by atoms with Crippen molar-refractivity contribution in [3.8, 4) is 0 Å². The van der Waals surface area contributed by atoms with Gasteiger partial charge in [-0.2, -0.15) is 4.98 Å². The first-order valence-electron chi connectivity index (χ1n) is 7.77. The highest BCUT2D eigenvalue weighted by Gasteiger charge is 2.42. The Bertz CT molecular complexity index is 745. The molecule has 1 aromatic heterocycles. The number of amides is 1. The van der Waals surface area contributed by atoms with E-state index in [2.05, 4.69) is 10.1 Å². The lowest BCUT2D eigenvalue weighted by atomic mass is 9.77.